The highest BCUT2D eigenvalue weighted by Gasteiger charge is 2.30. The Labute approximate surface area is 108 Å². The van der Waals surface area contributed by atoms with E-state index in [0.29, 0.717) is 12.5 Å². The molecule has 2 heterocycles. The highest BCUT2D eigenvalue weighted by atomic mass is 16.6. The van der Waals surface area contributed by atoms with Gasteiger partial charge in [-0.15, -0.1) is 0 Å². The van der Waals surface area contributed by atoms with Gasteiger partial charge in [-0.05, 0) is 39.3 Å². The zero-order valence-electron chi connectivity index (χ0n) is 11.2. The van der Waals surface area contributed by atoms with Gasteiger partial charge in [0, 0.05) is 30.9 Å². The predicted octanol–water partition coefficient (Wildman–Crippen LogP) is 2.81. The van der Waals surface area contributed by atoms with E-state index in [-0.39, 0.29) is 6.09 Å². The van der Waals surface area contributed by atoms with Crippen molar-refractivity contribution in [2.75, 3.05) is 13.1 Å². The van der Waals surface area contributed by atoms with Gasteiger partial charge in [-0.2, -0.15) is 0 Å². The van der Waals surface area contributed by atoms with E-state index in [2.05, 4.69) is 4.98 Å². The molecule has 4 nitrogen and oxygen atoms in total. The molecule has 1 atom stereocenters. The van der Waals surface area contributed by atoms with Crippen LogP contribution in [0.4, 0.5) is 4.79 Å². The van der Waals surface area contributed by atoms with Crippen molar-refractivity contribution >= 4 is 6.09 Å². The zero-order chi connectivity index (χ0) is 13.2. The number of rotatable bonds is 1. The van der Waals surface area contributed by atoms with Crippen LogP contribution >= 0.6 is 0 Å². The first kappa shape index (κ1) is 12.9. The van der Waals surface area contributed by atoms with Gasteiger partial charge in [0.1, 0.15) is 5.60 Å². The Morgan fingerprint density at radius 3 is 2.83 bits per heavy atom. The molecular weight excluding hydrogens is 228 g/mol. The molecule has 1 fully saturated rings. The molecule has 98 valence electrons. The Morgan fingerprint density at radius 1 is 1.44 bits per heavy atom. The summed E-state index contributed by atoms with van der Waals surface area (Å²) < 4.78 is 5.37. The molecule has 0 unspecified atom stereocenters. The van der Waals surface area contributed by atoms with Gasteiger partial charge in [0.15, 0.2) is 0 Å². The highest BCUT2D eigenvalue weighted by molar-refractivity contribution is 5.68. The second-order valence-electron chi connectivity index (χ2n) is 5.67. The standard InChI is InChI=1S/C14H20N2O2/c1-14(2,3)18-13(17)16-9-7-11(10-16)12-6-4-5-8-15-12/h4-6,8,11H,7,9-10H2,1-3H3/t11-/m1/s1. The summed E-state index contributed by atoms with van der Waals surface area (Å²) in [6.45, 7) is 7.10. The molecule has 1 aliphatic rings. The first-order valence-corrected chi connectivity index (χ1v) is 6.34. The first-order valence-electron chi connectivity index (χ1n) is 6.34. The van der Waals surface area contributed by atoms with Crippen molar-refractivity contribution in [3.05, 3.63) is 30.1 Å². The maximum atomic E-state index is 11.9. The van der Waals surface area contributed by atoms with Crippen LogP contribution in [0.1, 0.15) is 38.8 Å². The van der Waals surface area contributed by atoms with E-state index >= 15 is 0 Å². The number of likely N-dealkylation sites (tertiary alicyclic amines) is 1. The summed E-state index contributed by atoms with van der Waals surface area (Å²) >= 11 is 0. The van der Waals surface area contributed by atoms with E-state index in [1.54, 1.807) is 11.1 Å². The third kappa shape index (κ3) is 3.22. The minimum atomic E-state index is -0.430. The Morgan fingerprint density at radius 2 is 2.22 bits per heavy atom. The summed E-state index contributed by atoms with van der Waals surface area (Å²) in [6, 6.07) is 5.91. The van der Waals surface area contributed by atoms with E-state index < -0.39 is 5.60 Å². The molecule has 0 aliphatic carbocycles. The van der Waals surface area contributed by atoms with Gasteiger partial charge in [0.25, 0.3) is 0 Å². The largest absolute Gasteiger partial charge is 0.444 e. The number of nitrogens with zero attached hydrogens (tertiary/aromatic N) is 2. The number of pyridine rings is 1. The average Bonchev–Trinajstić information content (AvgIpc) is 2.77. The average molecular weight is 248 g/mol. The van der Waals surface area contributed by atoms with E-state index in [4.69, 9.17) is 4.74 Å². The van der Waals surface area contributed by atoms with Crippen molar-refractivity contribution in [1.82, 2.24) is 9.88 Å². The molecule has 0 N–H and O–H groups in total. The van der Waals surface area contributed by atoms with E-state index in [1.165, 1.54) is 0 Å². The number of hydrogen-bond acceptors (Lipinski definition) is 3. The Balaban J connectivity index is 1.95. The van der Waals surface area contributed by atoms with Gasteiger partial charge >= 0.3 is 6.09 Å². The van der Waals surface area contributed by atoms with Crippen LogP contribution in [0.2, 0.25) is 0 Å². The molecule has 0 saturated carbocycles. The molecule has 1 saturated heterocycles. The van der Waals surface area contributed by atoms with Crippen molar-refractivity contribution < 1.29 is 9.53 Å². The first-order chi connectivity index (χ1) is 8.46. The minimum absolute atomic E-state index is 0.221. The maximum Gasteiger partial charge on any atom is 0.410 e. The van der Waals surface area contributed by atoms with Crippen molar-refractivity contribution in [1.29, 1.82) is 0 Å². The molecule has 0 aromatic carbocycles. The van der Waals surface area contributed by atoms with Crippen LogP contribution in [0.3, 0.4) is 0 Å². The molecule has 18 heavy (non-hydrogen) atoms. The summed E-state index contributed by atoms with van der Waals surface area (Å²) in [7, 11) is 0. The van der Waals surface area contributed by atoms with Crippen molar-refractivity contribution in [2.24, 2.45) is 0 Å². The minimum Gasteiger partial charge on any atom is -0.444 e. The topological polar surface area (TPSA) is 42.4 Å². The fraction of sp³-hybridized carbons (Fsp3) is 0.571. The van der Waals surface area contributed by atoms with Gasteiger partial charge in [-0.25, -0.2) is 4.79 Å². The van der Waals surface area contributed by atoms with Crippen molar-refractivity contribution in [2.45, 2.75) is 38.7 Å². The predicted molar refractivity (Wildman–Crippen MR) is 69.4 cm³/mol. The lowest BCUT2D eigenvalue weighted by Crippen LogP contribution is -2.35. The molecule has 2 rings (SSSR count). The van der Waals surface area contributed by atoms with Crippen LogP contribution in [0.25, 0.3) is 0 Å². The molecule has 1 aliphatic heterocycles. The molecule has 0 bridgehead atoms. The van der Waals surface area contributed by atoms with Crippen LogP contribution in [0.15, 0.2) is 24.4 Å². The molecule has 0 radical (unpaired) electrons. The lowest BCUT2D eigenvalue weighted by atomic mass is 10.0. The fourth-order valence-corrected chi connectivity index (χ4v) is 2.11. The number of hydrogen-bond donors (Lipinski definition) is 0. The molecule has 1 aromatic heterocycles. The molecule has 4 heteroatoms. The Kier molecular flexibility index (Phi) is 3.55. The van der Waals surface area contributed by atoms with Crippen LogP contribution < -0.4 is 0 Å². The number of carbonyl (C=O) groups is 1. The van der Waals surface area contributed by atoms with E-state index in [0.717, 1.165) is 18.7 Å². The summed E-state index contributed by atoms with van der Waals surface area (Å²) in [5, 5.41) is 0. The summed E-state index contributed by atoms with van der Waals surface area (Å²) in [5.74, 6) is 0.332. The summed E-state index contributed by atoms with van der Waals surface area (Å²) in [5.41, 5.74) is 0.628. The summed E-state index contributed by atoms with van der Waals surface area (Å²) in [4.78, 5) is 18.0. The molecule has 0 spiro atoms. The smallest absolute Gasteiger partial charge is 0.410 e. The second-order valence-corrected chi connectivity index (χ2v) is 5.67. The third-order valence-electron chi connectivity index (χ3n) is 2.95. The fourth-order valence-electron chi connectivity index (χ4n) is 2.11. The Bertz CT molecular complexity index is 412. The molecule has 1 aromatic rings. The lowest BCUT2D eigenvalue weighted by molar-refractivity contribution is 0.0292. The Hall–Kier alpha value is -1.58. The van der Waals surface area contributed by atoms with E-state index in [1.807, 2.05) is 39.0 Å². The summed E-state index contributed by atoms with van der Waals surface area (Å²) in [6.07, 6.45) is 2.53. The van der Waals surface area contributed by atoms with Gasteiger partial charge in [-0.3, -0.25) is 4.98 Å². The third-order valence-corrected chi connectivity index (χ3v) is 2.95. The quantitative estimate of drug-likeness (QED) is 0.767. The van der Waals surface area contributed by atoms with Gasteiger partial charge < -0.3 is 9.64 Å². The van der Waals surface area contributed by atoms with Crippen LogP contribution in [0.5, 0.6) is 0 Å². The van der Waals surface area contributed by atoms with E-state index in [9.17, 15) is 4.79 Å². The monoisotopic (exact) mass is 248 g/mol. The van der Waals surface area contributed by atoms with Crippen LogP contribution in [-0.4, -0.2) is 34.7 Å². The van der Waals surface area contributed by atoms with Gasteiger partial charge in [0.05, 0.1) is 0 Å². The van der Waals surface area contributed by atoms with Gasteiger partial charge in [0.2, 0.25) is 0 Å². The normalized spacial score (nSPS) is 19.9. The molecular formula is C14H20N2O2. The zero-order valence-corrected chi connectivity index (χ0v) is 11.2. The number of amides is 1. The van der Waals surface area contributed by atoms with Gasteiger partial charge in [-0.1, -0.05) is 6.07 Å². The molecule has 1 amide bonds. The van der Waals surface area contributed by atoms with Crippen molar-refractivity contribution in [3.8, 4) is 0 Å². The van der Waals surface area contributed by atoms with Crippen LogP contribution in [0, 0.1) is 0 Å². The number of ether oxygens (including phenoxy) is 1. The van der Waals surface area contributed by atoms with Crippen LogP contribution in [-0.2, 0) is 4.74 Å². The lowest BCUT2D eigenvalue weighted by Gasteiger charge is -2.24. The number of aromatic nitrogens is 1. The maximum absolute atomic E-state index is 11.9. The SMILES string of the molecule is CC(C)(C)OC(=O)N1CC[C@@H](c2ccccn2)C1. The van der Waals surface area contributed by atoms with Crippen molar-refractivity contribution in [3.63, 3.8) is 0 Å². The number of carbonyl (C=O) groups excluding carboxylic acids is 1. The highest BCUT2D eigenvalue weighted by Crippen LogP contribution is 2.26. The second kappa shape index (κ2) is 4.96.